The lowest BCUT2D eigenvalue weighted by Gasteiger charge is -2.21. The molecule has 0 aromatic heterocycles. The fourth-order valence-corrected chi connectivity index (χ4v) is 2.08. The third kappa shape index (κ3) is 5.50. The van der Waals surface area contributed by atoms with Crippen LogP contribution < -0.4 is 0 Å². The van der Waals surface area contributed by atoms with Crippen molar-refractivity contribution in [1.29, 1.82) is 0 Å². The van der Waals surface area contributed by atoms with Crippen molar-refractivity contribution < 1.29 is 27.9 Å². The summed E-state index contributed by atoms with van der Waals surface area (Å²) < 4.78 is 36.7. The topological polar surface area (TPSA) is 54.4 Å². The third-order valence-corrected chi connectivity index (χ3v) is 3.71. The maximum atomic E-state index is 12.2. The lowest BCUT2D eigenvalue weighted by atomic mass is 9.81. The summed E-state index contributed by atoms with van der Waals surface area (Å²) >= 11 is 0. The van der Waals surface area contributed by atoms with Crippen molar-refractivity contribution in [1.82, 2.24) is 0 Å². The highest BCUT2D eigenvalue weighted by atomic mass is 19.4. The molecule has 0 aliphatic carbocycles. The minimum atomic E-state index is -4.26. The molecular weight excluding hydrogens is 297 g/mol. The van der Waals surface area contributed by atoms with Crippen LogP contribution in [0.15, 0.2) is 24.3 Å². The average Bonchev–Trinajstić information content (AvgIpc) is 2.39. The van der Waals surface area contributed by atoms with Crippen molar-refractivity contribution in [3.8, 4) is 0 Å². The van der Waals surface area contributed by atoms with Gasteiger partial charge in [-0.15, -0.1) is 0 Å². The van der Waals surface area contributed by atoms with E-state index in [-0.39, 0.29) is 24.2 Å². The Labute approximate surface area is 127 Å². The monoisotopic (exact) mass is 316 g/mol. The molecule has 1 aromatic rings. The van der Waals surface area contributed by atoms with Gasteiger partial charge in [-0.3, -0.25) is 9.59 Å². The number of carboxylic acids is 1. The predicted octanol–water partition coefficient (Wildman–Crippen LogP) is 3.79. The molecule has 0 unspecified atom stereocenters. The molecule has 0 bridgehead atoms. The molecule has 122 valence electrons. The normalized spacial score (nSPS) is 14.4. The van der Waals surface area contributed by atoms with Crippen LogP contribution in [0.25, 0.3) is 0 Å². The van der Waals surface area contributed by atoms with Crippen molar-refractivity contribution in [3.05, 3.63) is 35.4 Å². The van der Waals surface area contributed by atoms with Crippen molar-refractivity contribution in [2.24, 2.45) is 5.41 Å². The molecule has 0 spiro atoms. The van der Waals surface area contributed by atoms with Crippen LogP contribution in [0, 0.1) is 5.41 Å². The van der Waals surface area contributed by atoms with Gasteiger partial charge in [-0.1, -0.05) is 31.2 Å². The van der Waals surface area contributed by atoms with E-state index < -0.39 is 24.0 Å². The molecule has 0 radical (unpaired) electrons. The lowest BCUT2D eigenvalue weighted by molar-refractivity contribution is -0.150. The Balaban J connectivity index is 2.67. The van der Waals surface area contributed by atoms with Crippen molar-refractivity contribution in [3.63, 3.8) is 0 Å². The fraction of sp³-hybridized carbons (Fsp3) is 0.500. The van der Waals surface area contributed by atoms with Gasteiger partial charge in [-0.2, -0.15) is 13.2 Å². The second-order valence-electron chi connectivity index (χ2n) is 5.72. The Morgan fingerprint density at radius 1 is 1.09 bits per heavy atom. The zero-order valence-electron chi connectivity index (χ0n) is 12.5. The Kier molecular flexibility index (Phi) is 5.74. The highest BCUT2D eigenvalue weighted by Gasteiger charge is 2.33. The number of Topliss-reactive ketones (excluding diaryl/α,β-unsaturated/α-hetero) is 1. The van der Waals surface area contributed by atoms with E-state index in [1.54, 1.807) is 6.92 Å². The van der Waals surface area contributed by atoms with Gasteiger partial charge in [-0.25, -0.2) is 0 Å². The molecule has 0 fully saturated rings. The van der Waals surface area contributed by atoms with E-state index in [2.05, 4.69) is 0 Å². The van der Waals surface area contributed by atoms with Crippen LogP contribution in [0.5, 0.6) is 0 Å². The highest BCUT2D eigenvalue weighted by Crippen LogP contribution is 2.27. The van der Waals surface area contributed by atoms with Gasteiger partial charge >= 0.3 is 12.1 Å². The minimum Gasteiger partial charge on any atom is -0.481 e. The van der Waals surface area contributed by atoms with E-state index in [9.17, 15) is 22.8 Å². The number of hydrogen-bond donors (Lipinski definition) is 1. The Bertz CT molecular complexity index is 535. The zero-order valence-corrected chi connectivity index (χ0v) is 12.5. The van der Waals surface area contributed by atoms with Crippen LogP contribution in [0.1, 0.15) is 37.8 Å². The van der Waals surface area contributed by atoms with Crippen LogP contribution in [-0.4, -0.2) is 23.0 Å². The highest BCUT2D eigenvalue weighted by molar-refractivity contribution is 5.87. The first kappa shape index (κ1) is 18.2. The summed E-state index contributed by atoms with van der Waals surface area (Å²) in [5.41, 5.74) is -0.389. The first-order valence-electron chi connectivity index (χ1n) is 6.95. The van der Waals surface area contributed by atoms with Gasteiger partial charge < -0.3 is 5.11 Å². The molecule has 3 nitrogen and oxygen atoms in total. The zero-order chi connectivity index (χ0) is 17.0. The number of ketones is 1. The number of carbonyl (C=O) groups is 2. The second-order valence-corrected chi connectivity index (χ2v) is 5.72. The number of benzene rings is 1. The molecule has 0 heterocycles. The van der Waals surface area contributed by atoms with Crippen molar-refractivity contribution in [2.75, 3.05) is 0 Å². The largest absolute Gasteiger partial charge is 0.481 e. The van der Waals surface area contributed by atoms with E-state index in [0.717, 1.165) is 0 Å². The van der Waals surface area contributed by atoms with Crippen molar-refractivity contribution >= 4 is 11.8 Å². The maximum absolute atomic E-state index is 12.2. The third-order valence-electron chi connectivity index (χ3n) is 3.71. The number of aliphatic carboxylic acids is 1. The molecule has 6 heteroatoms. The molecule has 22 heavy (non-hydrogen) atoms. The van der Waals surface area contributed by atoms with Crippen LogP contribution in [0.3, 0.4) is 0 Å². The van der Waals surface area contributed by atoms with Gasteiger partial charge in [0, 0.05) is 12.8 Å². The van der Waals surface area contributed by atoms with E-state index in [0.29, 0.717) is 12.0 Å². The Morgan fingerprint density at radius 3 is 2.00 bits per heavy atom. The van der Waals surface area contributed by atoms with Crippen LogP contribution >= 0.6 is 0 Å². The smallest absolute Gasteiger partial charge is 0.393 e. The minimum absolute atomic E-state index is 0.0230. The van der Waals surface area contributed by atoms with Crippen LogP contribution in [0.4, 0.5) is 13.2 Å². The average molecular weight is 316 g/mol. The van der Waals surface area contributed by atoms with Gasteiger partial charge in [-0.05, 0) is 24.5 Å². The number of alkyl halides is 3. The predicted molar refractivity (Wildman–Crippen MR) is 75.6 cm³/mol. The lowest BCUT2D eigenvalue weighted by Crippen LogP contribution is -2.30. The van der Waals surface area contributed by atoms with E-state index >= 15 is 0 Å². The van der Waals surface area contributed by atoms with E-state index in [4.69, 9.17) is 5.11 Å². The van der Waals surface area contributed by atoms with Crippen LogP contribution in [0.2, 0.25) is 0 Å². The number of halogens is 3. The molecule has 0 saturated carbocycles. The van der Waals surface area contributed by atoms with Crippen LogP contribution in [-0.2, 0) is 22.4 Å². The van der Waals surface area contributed by atoms with E-state index in [1.807, 2.05) is 0 Å². The summed E-state index contributed by atoms with van der Waals surface area (Å²) in [5.74, 6) is -1.26. The van der Waals surface area contributed by atoms with Gasteiger partial charge in [0.15, 0.2) is 0 Å². The van der Waals surface area contributed by atoms with Gasteiger partial charge in [0.25, 0.3) is 0 Å². The summed E-state index contributed by atoms with van der Waals surface area (Å²) in [4.78, 5) is 23.1. The van der Waals surface area contributed by atoms with Gasteiger partial charge in [0.2, 0.25) is 0 Å². The van der Waals surface area contributed by atoms with Crippen molar-refractivity contribution in [2.45, 2.75) is 45.7 Å². The summed E-state index contributed by atoms with van der Waals surface area (Å²) in [6.07, 6.45) is -5.01. The molecule has 1 N–H and O–H groups in total. The number of carboxylic acid groups (broad SMARTS) is 1. The number of carbonyl (C=O) groups excluding carboxylic acids is 1. The van der Waals surface area contributed by atoms with Gasteiger partial charge in [0.1, 0.15) is 5.78 Å². The summed E-state index contributed by atoms with van der Waals surface area (Å²) in [7, 11) is 0. The molecule has 0 saturated heterocycles. The molecule has 0 aliphatic rings. The number of hydrogen-bond acceptors (Lipinski definition) is 2. The van der Waals surface area contributed by atoms with Gasteiger partial charge in [0.05, 0.1) is 11.8 Å². The van der Waals surface area contributed by atoms with E-state index in [1.165, 1.54) is 31.2 Å². The second kappa shape index (κ2) is 6.94. The molecule has 0 aliphatic heterocycles. The molecule has 1 aromatic carbocycles. The molecular formula is C16H19F3O3. The first-order chi connectivity index (χ1) is 10.1. The SMILES string of the molecule is CC[C@@](C)(CC(=O)Cc1ccc(CC(F)(F)F)cc1)C(=O)O. The first-order valence-corrected chi connectivity index (χ1v) is 6.95. The maximum Gasteiger partial charge on any atom is 0.393 e. The molecule has 0 amide bonds. The molecule has 1 rings (SSSR count). The fourth-order valence-electron chi connectivity index (χ4n) is 2.08. The Hall–Kier alpha value is -1.85. The summed E-state index contributed by atoms with van der Waals surface area (Å²) in [6.45, 7) is 3.22. The number of rotatable bonds is 7. The summed E-state index contributed by atoms with van der Waals surface area (Å²) in [5, 5.41) is 9.13. The molecule has 1 atom stereocenters. The summed E-state index contributed by atoms with van der Waals surface area (Å²) in [6, 6.07) is 5.63. The quantitative estimate of drug-likeness (QED) is 0.832. The Morgan fingerprint density at radius 2 is 1.59 bits per heavy atom. The standard InChI is InChI=1S/C16H19F3O3/c1-3-15(2,14(21)22)10-13(20)8-11-4-6-12(7-5-11)9-16(17,18)19/h4-7H,3,8-10H2,1-2H3,(H,21,22)/t15-/m0/s1.